The standard InChI is InChI=1S/C28H44BrN2O9P/c1-8-38-41(37)16-15-30(18-20-11-12-21(32)17-22(20)29)19-28(41,23(33)34)13-9-10-14-31(24(35)39-26(2,3)4)25(36)40-27(5,6)7/h11-12,17,32H,8-10,13-16,18-19H2,1-7H3,(H,33,34). The number of ether oxygens (including phenoxy) is 2. The maximum atomic E-state index is 14.1. The topological polar surface area (TPSA) is 143 Å². The lowest BCUT2D eigenvalue weighted by molar-refractivity contribution is -0.141. The number of nitrogens with zero attached hydrogens (tertiary/aromatic N) is 2. The maximum Gasteiger partial charge on any atom is 0.419 e. The molecule has 0 radical (unpaired) electrons. The number of rotatable bonds is 10. The fraction of sp³-hybridized carbons (Fsp3) is 0.679. The molecule has 2 N–H and O–H groups in total. The van der Waals surface area contributed by atoms with Crippen LogP contribution in [0, 0.1) is 0 Å². The molecule has 1 aromatic rings. The third-order valence-corrected chi connectivity index (χ3v) is 10.5. The van der Waals surface area contributed by atoms with Gasteiger partial charge in [-0.15, -0.1) is 0 Å². The van der Waals surface area contributed by atoms with E-state index in [1.54, 1.807) is 66.7 Å². The molecule has 0 saturated carbocycles. The molecule has 0 spiro atoms. The van der Waals surface area contributed by atoms with Crippen LogP contribution in [0.4, 0.5) is 9.59 Å². The number of unbranched alkanes of at least 4 members (excludes halogenated alkanes) is 1. The average Bonchev–Trinajstić information content (AvgIpc) is 2.80. The number of carbonyl (C=O) groups excluding carboxylic acids is 2. The van der Waals surface area contributed by atoms with Crippen LogP contribution >= 0.6 is 23.3 Å². The van der Waals surface area contributed by atoms with E-state index in [0.717, 1.165) is 10.5 Å². The number of phenols is 1. The third kappa shape index (κ3) is 9.70. The Bertz CT molecular complexity index is 1120. The van der Waals surface area contributed by atoms with Crippen molar-refractivity contribution in [2.24, 2.45) is 0 Å². The predicted molar refractivity (Wildman–Crippen MR) is 159 cm³/mol. The molecular weight excluding hydrogens is 619 g/mol. The molecule has 11 nitrogen and oxygen atoms in total. The molecule has 1 aliphatic rings. The Labute approximate surface area is 251 Å². The van der Waals surface area contributed by atoms with E-state index in [1.807, 2.05) is 4.90 Å². The Morgan fingerprint density at radius 1 is 1.07 bits per heavy atom. The van der Waals surface area contributed by atoms with Crippen molar-refractivity contribution in [3.05, 3.63) is 28.2 Å². The summed E-state index contributed by atoms with van der Waals surface area (Å²) in [7, 11) is -3.62. The number of benzene rings is 1. The van der Waals surface area contributed by atoms with E-state index in [4.69, 9.17) is 14.0 Å². The van der Waals surface area contributed by atoms with Gasteiger partial charge in [0.2, 0.25) is 7.37 Å². The fourth-order valence-electron chi connectivity index (χ4n) is 4.63. The highest BCUT2D eigenvalue weighted by atomic mass is 79.9. The van der Waals surface area contributed by atoms with Gasteiger partial charge in [-0.3, -0.25) is 14.3 Å². The molecule has 1 saturated heterocycles. The van der Waals surface area contributed by atoms with Gasteiger partial charge in [0.15, 0.2) is 5.16 Å². The predicted octanol–water partition coefficient (Wildman–Crippen LogP) is 6.45. The van der Waals surface area contributed by atoms with Crippen LogP contribution in [0.15, 0.2) is 22.7 Å². The summed E-state index contributed by atoms with van der Waals surface area (Å²) in [5.41, 5.74) is -0.833. The number of carbonyl (C=O) groups is 3. The number of aromatic hydroxyl groups is 1. The summed E-state index contributed by atoms with van der Waals surface area (Å²) in [5, 5.41) is 18.5. The van der Waals surface area contributed by atoms with Crippen LogP contribution in [0.2, 0.25) is 0 Å². The molecule has 1 heterocycles. The largest absolute Gasteiger partial charge is 0.508 e. The second kappa shape index (κ2) is 13.9. The van der Waals surface area contributed by atoms with Crippen LogP contribution in [-0.4, -0.2) is 86.9 Å². The minimum Gasteiger partial charge on any atom is -0.508 e. The Balaban J connectivity index is 2.25. The number of halogens is 1. The lowest BCUT2D eigenvalue weighted by atomic mass is 9.99. The molecule has 1 aromatic carbocycles. The van der Waals surface area contributed by atoms with Gasteiger partial charge < -0.3 is 24.2 Å². The van der Waals surface area contributed by atoms with Crippen LogP contribution in [0.1, 0.15) is 73.3 Å². The van der Waals surface area contributed by atoms with Crippen molar-refractivity contribution in [2.45, 2.75) is 90.6 Å². The van der Waals surface area contributed by atoms with E-state index in [1.165, 1.54) is 0 Å². The summed E-state index contributed by atoms with van der Waals surface area (Å²) in [6, 6.07) is 4.87. The number of amides is 2. The Morgan fingerprint density at radius 2 is 1.66 bits per heavy atom. The lowest BCUT2D eigenvalue weighted by Gasteiger charge is -2.45. The van der Waals surface area contributed by atoms with E-state index >= 15 is 0 Å². The minimum atomic E-state index is -3.62. The number of carboxylic acids is 1. The third-order valence-electron chi connectivity index (χ3n) is 6.46. The van der Waals surface area contributed by atoms with Gasteiger partial charge in [0.1, 0.15) is 17.0 Å². The van der Waals surface area contributed by atoms with Crippen molar-refractivity contribution < 1.29 is 43.2 Å². The summed E-state index contributed by atoms with van der Waals surface area (Å²) < 4.78 is 31.2. The molecule has 1 aliphatic heterocycles. The lowest BCUT2D eigenvalue weighted by Crippen LogP contribution is -2.54. The molecule has 1 fully saturated rings. The Morgan fingerprint density at radius 3 is 2.15 bits per heavy atom. The summed E-state index contributed by atoms with van der Waals surface area (Å²) in [6.07, 6.45) is -1.13. The number of phenolic OH excluding ortho intramolecular Hbond substituents is 1. The molecule has 0 bridgehead atoms. The van der Waals surface area contributed by atoms with Gasteiger partial charge in [0.05, 0.1) is 6.61 Å². The van der Waals surface area contributed by atoms with E-state index in [-0.39, 0.29) is 50.9 Å². The van der Waals surface area contributed by atoms with Crippen LogP contribution in [0.3, 0.4) is 0 Å². The second-order valence-corrected chi connectivity index (χ2v) is 16.0. The van der Waals surface area contributed by atoms with Gasteiger partial charge in [-0.1, -0.05) is 22.0 Å². The average molecular weight is 664 g/mol. The van der Waals surface area contributed by atoms with Gasteiger partial charge in [0.25, 0.3) is 0 Å². The molecule has 41 heavy (non-hydrogen) atoms. The minimum absolute atomic E-state index is 0.00519. The Kier molecular flexibility index (Phi) is 11.9. The van der Waals surface area contributed by atoms with Gasteiger partial charge in [-0.05, 0) is 85.4 Å². The number of hydrogen-bond donors (Lipinski definition) is 2. The first-order valence-electron chi connectivity index (χ1n) is 13.7. The first-order chi connectivity index (χ1) is 18.8. The summed E-state index contributed by atoms with van der Waals surface area (Å²) >= 11 is 3.44. The molecule has 0 aromatic heterocycles. The fourth-order valence-corrected chi connectivity index (χ4v) is 8.09. The van der Waals surface area contributed by atoms with Crippen molar-refractivity contribution in [1.82, 2.24) is 9.80 Å². The molecule has 2 atom stereocenters. The van der Waals surface area contributed by atoms with Crippen molar-refractivity contribution in [3.63, 3.8) is 0 Å². The highest BCUT2D eigenvalue weighted by Gasteiger charge is 2.58. The molecule has 2 unspecified atom stereocenters. The maximum absolute atomic E-state index is 14.1. The van der Waals surface area contributed by atoms with Gasteiger partial charge in [-0.25, -0.2) is 14.5 Å². The number of imide groups is 1. The summed E-state index contributed by atoms with van der Waals surface area (Å²) in [4.78, 5) is 41.3. The number of hydrogen-bond acceptors (Lipinski definition) is 9. The zero-order valence-electron chi connectivity index (χ0n) is 25.1. The van der Waals surface area contributed by atoms with Crippen molar-refractivity contribution in [3.8, 4) is 5.75 Å². The Hall–Kier alpha value is -2.14. The first kappa shape index (κ1) is 35.1. The number of aliphatic carboxylic acids is 1. The van der Waals surface area contributed by atoms with Crippen molar-refractivity contribution in [2.75, 3.05) is 32.4 Å². The van der Waals surface area contributed by atoms with Crippen molar-refractivity contribution in [1.29, 1.82) is 0 Å². The van der Waals surface area contributed by atoms with Crippen LogP contribution in [0.5, 0.6) is 5.75 Å². The SMILES string of the molecule is CCOP1(=O)CCN(Cc2ccc(O)cc2Br)CC1(CCCCN(C(=O)OC(C)(C)C)C(=O)OC(C)(C)C)C(=O)O. The van der Waals surface area contributed by atoms with E-state index in [9.17, 15) is 29.2 Å². The zero-order valence-corrected chi connectivity index (χ0v) is 27.5. The highest BCUT2D eigenvalue weighted by Crippen LogP contribution is 2.63. The molecule has 13 heteroatoms. The zero-order chi connectivity index (χ0) is 31.2. The van der Waals surface area contributed by atoms with E-state index < -0.39 is 41.9 Å². The van der Waals surface area contributed by atoms with Crippen LogP contribution in [-0.2, 0) is 29.9 Å². The van der Waals surface area contributed by atoms with Gasteiger partial charge >= 0.3 is 18.2 Å². The normalized spacial score (nSPS) is 21.8. The van der Waals surface area contributed by atoms with E-state index in [0.29, 0.717) is 17.6 Å². The number of carboxylic acid groups (broad SMARTS) is 1. The monoisotopic (exact) mass is 662 g/mol. The highest BCUT2D eigenvalue weighted by molar-refractivity contribution is 9.10. The molecule has 2 amide bonds. The first-order valence-corrected chi connectivity index (χ1v) is 16.3. The summed E-state index contributed by atoms with van der Waals surface area (Å²) in [6.45, 7) is 12.6. The van der Waals surface area contributed by atoms with Crippen molar-refractivity contribution >= 4 is 41.5 Å². The van der Waals surface area contributed by atoms with E-state index in [2.05, 4.69) is 15.9 Å². The second-order valence-electron chi connectivity index (χ2n) is 12.2. The van der Waals surface area contributed by atoms with Gasteiger partial charge in [-0.2, -0.15) is 0 Å². The summed E-state index contributed by atoms with van der Waals surface area (Å²) in [5.74, 6) is -1.10. The van der Waals surface area contributed by atoms with Gasteiger partial charge in [0, 0.05) is 36.8 Å². The molecule has 2 rings (SSSR count). The smallest absolute Gasteiger partial charge is 0.419 e. The quantitative estimate of drug-likeness (QED) is 0.212. The molecule has 232 valence electrons. The van der Waals surface area contributed by atoms with Crippen LogP contribution in [0.25, 0.3) is 0 Å². The molecule has 0 aliphatic carbocycles. The van der Waals surface area contributed by atoms with Crippen LogP contribution < -0.4 is 0 Å². The molecular formula is C28H44BrN2O9P.